The van der Waals surface area contributed by atoms with E-state index in [-0.39, 0.29) is 12.0 Å². The molecular weight excluding hydrogens is 308 g/mol. The van der Waals surface area contributed by atoms with Gasteiger partial charge in [0.1, 0.15) is 0 Å². The average Bonchev–Trinajstić information content (AvgIpc) is 3.07. The quantitative estimate of drug-likeness (QED) is 0.922. The number of hydrogen-bond acceptors (Lipinski definition) is 5. The number of hydrogen-bond donors (Lipinski definition) is 1. The van der Waals surface area contributed by atoms with Gasteiger partial charge >= 0.3 is 0 Å². The number of ether oxygens (including phenoxy) is 1. The molecule has 0 bridgehead atoms. The Kier molecular flexibility index (Phi) is 3.34. The van der Waals surface area contributed by atoms with Gasteiger partial charge < -0.3 is 14.7 Å². The molecule has 3 heterocycles. The van der Waals surface area contributed by atoms with Crippen molar-refractivity contribution in [2.75, 3.05) is 37.8 Å². The molecule has 2 aromatic rings. The number of rotatable bonds is 2. The van der Waals surface area contributed by atoms with Crippen molar-refractivity contribution in [3.05, 3.63) is 23.2 Å². The van der Waals surface area contributed by atoms with Crippen molar-refractivity contribution in [3.63, 3.8) is 0 Å². The maximum absolute atomic E-state index is 9.85. The molecule has 0 saturated carbocycles. The SMILES string of the molecule is OC[C@]12COCC[C@H]1CN(c1nc3ccc(Cl)cc3s1)C2. The molecule has 0 spiro atoms. The van der Waals surface area contributed by atoms with Gasteiger partial charge in [0.15, 0.2) is 5.13 Å². The Morgan fingerprint density at radius 1 is 1.52 bits per heavy atom. The van der Waals surface area contributed by atoms with Crippen LogP contribution in [0.15, 0.2) is 18.2 Å². The van der Waals surface area contributed by atoms with Gasteiger partial charge in [0.2, 0.25) is 0 Å². The van der Waals surface area contributed by atoms with Gasteiger partial charge in [-0.25, -0.2) is 4.98 Å². The largest absolute Gasteiger partial charge is 0.396 e. The summed E-state index contributed by atoms with van der Waals surface area (Å²) in [4.78, 5) is 7.02. The molecular formula is C15H17ClN2O2S. The van der Waals surface area contributed by atoms with Crippen LogP contribution in [-0.2, 0) is 4.74 Å². The fourth-order valence-electron chi connectivity index (χ4n) is 3.49. The van der Waals surface area contributed by atoms with Crippen LogP contribution in [0.2, 0.25) is 5.02 Å². The van der Waals surface area contributed by atoms with Gasteiger partial charge in [-0.3, -0.25) is 0 Å². The summed E-state index contributed by atoms with van der Waals surface area (Å²) in [6, 6.07) is 5.80. The number of nitrogens with zero attached hydrogens (tertiary/aromatic N) is 2. The highest BCUT2D eigenvalue weighted by Crippen LogP contribution is 2.44. The van der Waals surface area contributed by atoms with Crippen molar-refractivity contribution in [2.45, 2.75) is 6.42 Å². The van der Waals surface area contributed by atoms with Gasteiger partial charge in [0.25, 0.3) is 0 Å². The van der Waals surface area contributed by atoms with Gasteiger partial charge in [-0.05, 0) is 30.5 Å². The molecule has 4 nitrogen and oxygen atoms in total. The molecule has 0 radical (unpaired) electrons. The van der Waals surface area contributed by atoms with E-state index in [0.717, 1.165) is 46.5 Å². The Balaban J connectivity index is 1.66. The highest BCUT2D eigenvalue weighted by molar-refractivity contribution is 7.22. The average molecular weight is 325 g/mol. The van der Waals surface area contributed by atoms with Crippen LogP contribution in [0.25, 0.3) is 10.2 Å². The molecule has 112 valence electrons. The minimum atomic E-state index is -0.117. The number of halogens is 1. The molecule has 2 atom stereocenters. The van der Waals surface area contributed by atoms with Crippen molar-refractivity contribution in [3.8, 4) is 0 Å². The Hall–Kier alpha value is -0.880. The van der Waals surface area contributed by atoms with E-state index in [1.165, 1.54) is 0 Å². The molecule has 1 N–H and O–H groups in total. The normalized spacial score (nSPS) is 29.0. The van der Waals surface area contributed by atoms with Crippen LogP contribution in [0.5, 0.6) is 0 Å². The van der Waals surface area contributed by atoms with Crippen molar-refractivity contribution in [1.82, 2.24) is 4.98 Å². The van der Waals surface area contributed by atoms with Gasteiger partial charge in [-0.1, -0.05) is 22.9 Å². The standard InChI is InChI=1S/C15H17ClN2O2S/c16-11-1-2-12-13(5-11)21-14(17-12)18-6-10-3-4-20-9-15(10,7-18)8-19/h1-2,5,10,19H,3-4,6-9H2/t10-,15+/m0/s1. The predicted octanol–water partition coefficient (Wildman–Crippen LogP) is 2.78. The number of benzene rings is 1. The fraction of sp³-hybridized carbons (Fsp3) is 0.533. The molecule has 0 unspecified atom stereocenters. The first-order valence-electron chi connectivity index (χ1n) is 7.20. The van der Waals surface area contributed by atoms with Crippen LogP contribution in [-0.4, -0.2) is 43.0 Å². The molecule has 1 aromatic heterocycles. The fourth-order valence-corrected chi connectivity index (χ4v) is 4.74. The summed E-state index contributed by atoms with van der Waals surface area (Å²) in [5.41, 5.74) is 0.872. The lowest BCUT2D eigenvalue weighted by atomic mass is 9.76. The second kappa shape index (κ2) is 5.09. The van der Waals surface area contributed by atoms with Crippen molar-refractivity contribution < 1.29 is 9.84 Å². The second-order valence-corrected chi connectivity index (χ2v) is 7.49. The summed E-state index contributed by atoms with van der Waals surface area (Å²) in [6.45, 7) is 3.42. The van der Waals surface area contributed by atoms with E-state index in [9.17, 15) is 5.11 Å². The van der Waals surface area contributed by atoms with E-state index in [1.807, 2.05) is 18.2 Å². The number of fused-ring (bicyclic) bond motifs is 2. The molecule has 6 heteroatoms. The highest BCUT2D eigenvalue weighted by Gasteiger charge is 2.48. The third-order valence-corrected chi connectivity index (χ3v) is 6.05. The van der Waals surface area contributed by atoms with Crippen LogP contribution in [0.1, 0.15) is 6.42 Å². The number of aliphatic hydroxyl groups is 1. The Labute approximate surface area is 132 Å². The molecule has 2 saturated heterocycles. The van der Waals surface area contributed by atoms with Crippen LogP contribution in [0, 0.1) is 11.3 Å². The third kappa shape index (κ3) is 2.23. The van der Waals surface area contributed by atoms with Gasteiger partial charge in [-0.2, -0.15) is 0 Å². The first-order chi connectivity index (χ1) is 10.2. The maximum Gasteiger partial charge on any atom is 0.186 e. The van der Waals surface area contributed by atoms with E-state index >= 15 is 0 Å². The zero-order chi connectivity index (χ0) is 14.4. The van der Waals surface area contributed by atoms with E-state index in [0.29, 0.717) is 12.5 Å². The van der Waals surface area contributed by atoms with E-state index in [1.54, 1.807) is 11.3 Å². The lowest BCUT2D eigenvalue weighted by molar-refractivity contribution is -0.0543. The van der Waals surface area contributed by atoms with Gasteiger partial charge in [-0.15, -0.1) is 0 Å². The van der Waals surface area contributed by atoms with Crippen LogP contribution < -0.4 is 4.90 Å². The maximum atomic E-state index is 9.85. The third-order valence-electron chi connectivity index (χ3n) is 4.74. The van der Waals surface area contributed by atoms with Crippen LogP contribution in [0.4, 0.5) is 5.13 Å². The smallest absolute Gasteiger partial charge is 0.186 e. The van der Waals surface area contributed by atoms with Gasteiger partial charge in [0.05, 0.1) is 23.4 Å². The second-order valence-electron chi connectivity index (χ2n) is 6.05. The molecule has 2 fully saturated rings. The van der Waals surface area contributed by atoms with Crippen molar-refractivity contribution in [1.29, 1.82) is 0 Å². The summed E-state index contributed by atoms with van der Waals surface area (Å²) in [7, 11) is 0. The topological polar surface area (TPSA) is 45.6 Å². The summed E-state index contributed by atoms with van der Waals surface area (Å²) in [5, 5.41) is 11.6. The van der Waals surface area contributed by atoms with Crippen molar-refractivity contribution >= 4 is 38.3 Å². The summed E-state index contributed by atoms with van der Waals surface area (Å²) < 4.78 is 6.73. The van der Waals surface area contributed by atoms with E-state index < -0.39 is 0 Å². The van der Waals surface area contributed by atoms with Crippen LogP contribution >= 0.6 is 22.9 Å². The van der Waals surface area contributed by atoms with Crippen LogP contribution in [0.3, 0.4) is 0 Å². The zero-order valence-electron chi connectivity index (χ0n) is 11.6. The zero-order valence-corrected chi connectivity index (χ0v) is 13.2. The predicted molar refractivity (Wildman–Crippen MR) is 85.3 cm³/mol. The van der Waals surface area contributed by atoms with E-state index in [4.69, 9.17) is 21.3 Å². The lowest BCUT2D eigenvalue weighted by Crippen LogP contribution is -2.42. The minimum Gasteiger partial charge on any atom is -0.396 e. The van der Waals surface area contributed by atoms with E-state index in [2.05, 4.69) is 4.90 Å². The Morgan fingerprint density at radius 2 is 2.43 bits per heavy atom. The number of aliphatic hydroxyl groups excluding tert-OH is 1. The molecule has 2 aliphatic heterocycles. The van der Waals surface area contributed by atoms with Crippen molar-refractivity contribution in [2.24, 2.45) is 11.3 Å². The summed E-state index contributed by atoms with van der Waals surface area (Å²) >= 11 is 7.72. The summed E-state index contributed by atoms with van der Waals surface area (Å²) in [6.07, 6.45) is 1.02. The first-order valence-corrected chi connectivity index (χ1v) is 8.39. The molecule has 2 aliphatic rings. The number of anilines is 1. The lowest BCUT2D eigenvalue weighted by Gasteiger charge is -2.36. The molecule has 0 aliphatic carbocycles. The molecule has 21 heavy (non-hydrogen) atoms. The minimum absolute atomic E-state index is 0.117. The molecule has 1 aromatic carbocycles. The Bertz CT molecular complexity index is 677. The number of thiazole rings is 1. The number of aromatic nitrogens is 1. The summed E-state index contributed by atoms with van der Waals surface area (Å²) in [5.74, 6) is 0.492. The molecule has 0 amide bonds. The first kappa shape index (κ1) is 13.8. The highest BCUT2D eigenvalue weighted by atomic mass is 35.5. The monoisotopic (exact) mass is 324 g/mol. The van der Waals surface area contributed by atoms with Gasteiger partial charge in [0, 0.05) is 30.1 Å². The molecule has 4 rings (SSSR count). The Morgan fingerprint density at radius 3 is 3.24 bits per heavy atom.